The molecular weight excluding hydrogens is 336 g/mol. The summed E-state index contributed by atoms with van der Waals surface area (Å²) >= 11 is 2.92. The molecule has 0 amide bonds. The zero-order chi connectivity index (χ0) is 15.1. The highest BCUT2D eigenvalue weighted by Crippen LogP contribution is 2.34. The molecule has 1 fully saturated rings. The fourth-order valence-corrected chi connectivity index (χ4v) is 2.84. The highest BCUT2D eigenvalue weighted by Gasteiger charge is 2.40. The van der Waals surface area contributed by atoms with Crippen LogP contribution in [0.4, 0.5) is 13.2 Å². The molecule has 0 N–H and O–H groups in total. The minimum Gasteiger partial charge on any atom is -0.405 e. The van der Waals surface area contributed by atoms with Crippen LogP contribution in [-0.2, 0) is 15.5 Å². The number of hydrogen-bond donors (Lipinski definition) is 0. The molecule has 2 rings (SSSR count). The Morgan fingerprint density at radius 1 is 1.35 bits per heavy atom. The smallest absolute Gasteiger partial charge is 0.405 e. The Balaban J connectivity index is 2.34. The molecule has 1 aromatic carbocycles. The third-order valence-electron chi connectivity index (χ3n) is 3.13. The Morgan fingerprint density at radius 2 is 2.00 bits per heavy atom. The molecule has 1 unspecified atom stereocenters. The van der Waals surface area contributed by atoms with Crippen molar-refractivity contribution in [3.8, 4) is 0 Å². The standard InChI is InChI=1S/C13H15BBrF3O2/c1-8-7-12(2,3)20-14(19-8)9-4-5-11(15)10(6-9)13(16,17)18/h4-6,8H,7H2,1-3H3. The highest BCUT2D eigenvalue weighted by atomic mass is 79.9. The van der Waals surface area contributed by atoms with E-state index in [-0.39, 0.29) is 10.6 Å². The topological polar surface area (TPSA) is 18.5 Å². The summed E-state index contributed by atoms with van der Waals surface area (Å²) in [4.78, 5) is 0. The van der Waals surface area contributed by atoms with Gasteiger partial charge in [-0.15, -0.1) is 0 Å². The summed E-state index contributed by atoms with van der Waals surface area (Å²) < 4.78 is 50.1. The minimum absolute atomic E-state index is 0.0110. The molecule has 0 aliphatic carbocycles. The number of halogens is 4. The molecule has 0 saturated carbocycles. The van der Waals surface area contributed by atoms with E-state index in [1.54, 1.807) is 6.07 Å². The van der Waals surface area contributed by atoms with E-state index < -0.39 is 24.5 Å². The SMILES string of the molecule is CC1CC(C)(C)OB(c2ccc(Br)c(C(F)(F)F)c2)O1. The largest absolute Gasteiger partial charge is 0.494 e. The molecule has 20 heavy (non-hydrogen) atoms. The van der Waals surface area contributed by atoms with Gasteiger partial charge in [0.2, 0.25) is 0 Å². The predicted molar refractivity (Wildman–Crippen MR) is 74.9 cm³/mol. The van der Waals surface area contributed by atoms with Gasteiger partial charge < -0.3 is 9.31 Å². The van der Waals surface area contributed by atoms with Gasteiger partial charge in [-0.25, -0.2) is 0 Å². The second-order valence-corrected chi connectivity index (χ2v) is 6.45. The fraction of sp³-hybridized carbons (Fsp3) is 0.538. The molecule has 1 heterocycles. The lowest BCUT2D eigenvalue weighted by molar-refractivity contribution is -0.138. The van der Waals surface area contributed by atoms with Gasteiger partial charge in [0.15, 0.2) is 0 Å². The lowest BCUT2D eigenvalue weighted by Crippen LogP contribution is -2.51. The molecule has 0 bridgehead atoms. The van der Waals surface area contributed by atoms with Gasteiger partial charge in [0, 0.05) is 10.6 Å². The van der Waals surface area contributed by atoms with Crippen molar-refractivity contribution >= 4 is 28.5 Å². The van der Waals surface area contributed by atoms with Crippen LogP contribution >= 0.6 is 15.9 Å². The summed E-state index contributed by atoms with van der Waals surface area (Å²) in [5.74, 6) is 0. The average molecular weight is 351 g/mol. The van der Waals surface area contributed by atoms with E-state index in [0.717, 1.165) is 6.07 Å². The Morgan fingerprint density at radius 3 is 2.55 bits per heavy atom. The molecule has 7 heteroatoms. The van der Waals surface area contributed by atoms with Crippen molar-refractivity contribution in [2.24, 2.45) is 0 Å². The lowest BCUT2D eigenvalue weighted by atomic mass is 9.74. The first-order valence-corrected chi connectivity index (χ1v) is 7.08. The second kappa shape index (κ2) is 5.35. The van der Waals surface area contributed by atoms with Crippen LogP contribution in [-0.4, -0.2) is 18.8 Å². The van der Waals surface area contributed by atoms with Gasteiger partial charge in [0.05, 0.1) is 11.2 Å². The first-order valence-electron chi connectivity index (χ1n) is 6.28. The Bertz CT molecular complexity index is 505. The van der Waals surface area contributed by atoms with Crippen molar-refractivity contribution < 1.29 is 22.5 Å². The van der Waals surface area contributed by atoms with E-state index in [4.69, 9.17) is 9.31 Å². The lowest BCUT2D eigenvalue weighted by Gasteiger charge is -2.38. The van der Waals surface area contributed by atoms with Crippen LogP contribution in [0.1, 0.15) is 32.8 Å². The molecule has 1 saturated heterocycles. The summed E-state index contributed by atoms with van der Waals surface area (Å²) in [5, 5.41) is 0. The summed E-state index contributed by atoms with van der Waals surface area (Å²) in [5.41, 5.74) is -0.772. The van der Waals surface area contributed by atoms with Gasteiger partial charge in [-0.2, -0.15) is 13.2 Å². The average Bonchev–Trinajstić information content (AvgIpc) is 2.25. The quantitative estimate of drug-likeness (QED) is 0.718. The van der Waals surface area contributed by atoms with Gasteiger partial charge in [0.25, 0.3) is 0 Å². The van der Waals surface area contributed by atoms with Gasteiger partial charge in [-0.05, 0) is 44.8 Å². The Labute approximate surface area is 124 Å². The predicted octanol–water partition coefficient (Wildman–Crippen LogP) is 3.77. The van der Waals surface area contributed by atoms with Crippen molar-refractivity contribution in [3.63, 3.8) is 0 Å². The van der Waals surface area contributed by atoms with E-state index >= 15 is 0 Å². The van der Waals surface area contributed by atoms with E-state index in [1.165, 1.54) is 6.07 Å². The van der Waals surface area contributed by atoms with Crippen LogP contribution in [0.5, 0.6) is 0 Å². The minimum atomic E-state index is -4.41. The maximum atomic E-state index is 12.9. The van der Waals surface area contributed by atoms with Crippen LogP contribution in [0.25, 0.3) is 0 Å². The van der Waals surface area contributed by atoms with Crippen LogP contribution in [0.3, 0.4) is 0 Å². The maximum absolute atomic E-state index is 12.9. The molecule has 1 aromatic rings. The zero-order valence-corrected chi connectivity index (χ0v) is 13.0. The summed E-state index contributed by atoms with van der Waals surface area (Å²) in [7, 11) is -0.775. The molecule has 1 atom stereocenters. The first kappa shape index (κ1) is 15.9. The molecule has 1 aliphatic rings. The van der Waals surface area contributed by atoms with E-state index in [0.29, 0.717) is 11.9 Å². The number of rotatable bonds is 1. The molecule has 1 aliphatic heterocycles. The van der Waals surface area contributed by atoms with Crippen LogP contribution in [0.2, 0.25) is 0 Å². The van der Waals surface area contributed by atoms with Gasteiger partial charge >= 0.3 is 13.3 Å². The normalized spacial score (nSPS) is 22.9. The Kier molecular flexibility index (Phi) is 4.24. The second-order valence-electron chi connectivity index (χ2n) is 5.60. The van der Waals surface area contributed by atoms with Crippen LogP contribution < -0.4 is 5.46 Å². The summed E-state index contributed by atoms with van der Waals surface area (Å²) in [6.45, 7) is 5.70. The molecule has 0 aromatic heterocycles. The van der Waals surface area contributed by atoms with Crippen molar-refractivity contribution in [3.05, 3.63) is 28.2 Å². The molecule has 2 nitrogen and oxygen atoms in total. The van der Waals surface area contributed by atoms with Crippen molar-refractivity contribution in [2.45, 2.75) is 45.1 Å². The van der Waals surface area contributed by atoms with Crippen molar-refractivity contribution in [2.75, 3.05) is 0 Å². The third-order valence-corrected chi connectivity index (χ3v) is 3.82. The van der Waals surface area contributed by atoms with E-state index in [2.05, 4.69) is 15.9 Å². The molecule has 0 radical (unpaired) electrons. The summed E-state index contributed by atoms with van der Waals surface area (Å²) in [6.07, 6.45) is -3.78. The molecule has 110 valence electrons. The zero-order valence-electron chi connectivity index (χ0n) is 11.4. The van der Waals surface area contributed by atoms with Crippen LogP contribution in [0.15, 0.2) is 22.7 Å². The number of alkyl halides is 3. The van der Waals surface area contributed by atoms with Crippen molar-refractivity contribution in [1.29, 1.82) is 0 Å². The Hall–Kier alpha value is -0.525. The van der Waals surface area contributed by atoms with Gasteiger partial charge in [-0.3, -0.25) is 0 Å². The number of hydrogen-bond acceptors (Lipinski definition) is 2. The van der Waals surface area contributed by atoms with E-state index in [9.17, 15) is 13.2 Å². The number of benzene rings is 1. The van der Waals surface area contributed by atoms with Crippen LogP contribution in [0, 0.1) is 0 Å². The first-order chi connectivity index (χ1) is 9.08. The van der Waals surface area contributed by atoms with Crippen molar-refractivity contribution in [1.82, 2.24) is 0 Å². The molecule has 0 spiro atoms. The van der Waals surface area contributed by atoms with Gasteiger partial charge in [-0.1, -0.05) is 22.0 Å². The van der Waals surface area contributed by atoms with E-state index in [1.807, 2.05) is 20.8 Å². The molecular formula is C13H15BBrF3O2. The monoisotopic (exact) mass is 350 g/mol. The maximum Gasteiger partial charge on any atom is 0.494 e. The fourth-order valence-electron chi connectivity index (χ4n) is 2.37. The highest BCUT2D eigenvalue weighted by molar-refractivity contribution is 9.10. The third kappa shape index (κ3) is 3.57. The summed E-state index contributed by atoms with van der Waals surface area (Å²) in [6, 6.07) is 4.03. The van der Waals surface area contributed by atoms with Gasteiger partial charge in [0.1, 0.15) is 0 Å².